The lowest BCUT2D eigenvalue weighted by Crippen LogP contribution is -2.43. The largest absolute Gasteiger partial charge is 0.327 e. The average molecular weight is 493 g/mol. The van der Waals surface area contributed by atoms with Crippen molar-refractivity contribution in [2.24, 2.45) is 0 Å². The number of carbonyl (C=O) groups excluding carboxylic acids is 1. The monoisotopic (exact) mass is 492 g/mol. The topological polar surface area (TPSA) is 111 Å². The summed E-state index contributed by atoms with van der Waals surface area (Å²) in [6.45, 7) is 0.896. The van der Waals surface area contributed by atoms with E-state index in [2.05, 4.69) is 19.6 Å². The van der Waals surface area contributed by atoms with E-state index in [0.717, 1.165) is 18.7 Å². The van der Waals surface area contributed by atoms with Crippen molar-refractivity contribution in [1.82, 2.24) is 29.0 Å². The second-order valence-electron chi connectivity index (χ2n) is 8.21. The lowest BCUT2D eigenvalue weighted by molar-refractivity contribution is 0.0612. The Hall–Kier alpha value is -2.37. The van der Waals surface area contributed by atoms with Crippen LogP contribution in [-0.2, 0) is 16.4 Å². The van der Waals surface area contributed by atoms with Crippen LogP contribution < -0.4 is 0 Å². The van der Waals surface area contributed by atoms with E-state index in [1.54, 1.807) is 29.2 Å². The molecular weight excluding hydrogens is 472 g/mol. The van der Waals surface area contributed by atoms with Crippen LogP contribution in [-0.4, -0.2) is 61.9 Å². The van der Waals surface area contributed by atoms with Gasteiger partial charge in [0.15, 0.2) is 16.7 Å². The van der Waals surface area contributed by atoms with Crippen molar-refractivity contribution in [2.75, 3.05) is 18.6 Å². The molecule has 1 aliphatic carbocycles. The van der Waals surface area contributed by atoms with Gasteiger partial charge >= 0.3 is 0 Å². The van der Waals surface area contributed by atoms with Crippen LogP contribution >= 0.6 is 23.1 Å². The van der Waals surface area contributed by atoms with Crippen molar-refractivity contribution in [3.63, 3.8) is 0 Å². The zero-order valence-corrected chi connectivity index (χ0v) is 19.7. The molecular formula is C20H21ClN6O3S2. The van der Waals surface area contributed by atoms with Crippen molar-refractivity contribution in [3.05, 3.63) is 46.5 Å². The Labute approximate surface area is 194 Å². The van der Waals surface area contributed by atoms with Crippen LogP contribution in [0.1, 0.15) is 53.2 Å². The number of halogens is 1. The molecule has 3 aromatic rings. The highest BCUT2D eigenvalue weighted by molar-refractivity contribution is 7.90. The summed E-state index contributed by atoms with van der Waals surface area (Å²) in [5, 5.41) is 9.96. The zero-order chi connectivity index (χ0) is 22.5. The fraction of sp³-hybridized carbons (Fsp3) is 0.450. The van der Waals surface area contributed by atoms with Crippen LogP contribution in [0.3, 0.4) is 0 Å². The van der Waals surface area contributed by atoms with Crippen molar-refractivity contribution in [1.29, 1.82) is 0 Å². The van der Waals surface area contributed by atoms with Crippen LogP contribution in [0, 0.1) is 0 Å². The Morgan fingerprint density at radius 1 is 1.19 bits per heavy atom. The summed E-state index contributed by atoms with van der Waals surface area (Å²) in [5.74, 6) is 2.23. The number of hydrogen-bond donors (Lipinski definition) is 0. The third-order valence-electron chi connectivity index (χ3n) is 5.71. The van der Waals surface area contributed by atoms with Crippen LogP contribution in [0.5, 0.6) is 0 Å². The summed E-state index contributed by atoms with van der Waals surface area (Å²) in [4.78, 5) is 19.6. The third-order valence-corrected chi connectivity index (χ3v) is 7.66. The molecule has 0 N–H and O–H groups in total. The van der Waals surface area contributed by atoms with Gasteiger partial charge in [-0.1, -0.05) is 11.6 Å². The Kier molecular flexibility index (Phi) is 5.50. The van der Waals surface area contributed by atoms with Crippen molar-refractivity contribution >= 4 is 38.9 Å². The van der Waals surface area contributed by atoms with Gasteiger partial charge in [0.05, 0.1) is 11.8 Å². The van der Waals surface area contributed by atoms with Crippen molar-refractivity contribution in [3.8, 4) is 10.8 Å². The van der Waals surface area contributed by atoms with Crippen LogP contribution in [0.25, 0.3) is 10.8 Å². The number of hydrogen-bond acceptors (Lipinski definition) is 8. The van der Waals surface area contributed by atoms with E-state index in [4.69, 9.17) is 11.6 Å². The van der Waals surface area contributed by atoms with Gasteiger partial charge in [0.25, 0.3) is 5.91 Å². The Morgan fingerprint density at radius 2 is 1.94 bits per heavy atom. The first-order valence-electron chi connectivity index (χ1n) is 10.3. The minimum Gasteiger partial charge on any atom is -0.327 e. The van der Waals surface area contributed by atoms with E-state index in [1.807, 2.05) is 4.57 Å². The fourth-order valence-electron chi connectivity index (χ4n) is 3.89. The van der Waals surface area contributed by atoms with Crippen LogP contribution in [0.2, 0.25) is 5.02 Å². The molecule has 32 heavy (non-hydrogen) atoms. The van der Waals surface area contributed by atoms with Crippen molar-refractivity contribution < 1.29 is 13.2 Å². The molecule has 0 radical (unpaired) electrons. The highest BCUT2D eigenvalue weighted by Crippen LogP contribution is 2.40. The zero-order valence-electron chi connectivity index (χ0n) is 17.3. The molecule has 3 heterocycles. The second kappa shape index (κ2) is 8.20. The Bertz CT molecular complexity index is 1270. The maximum Gasteiger partial charge on any atom is 0.254 e. The summed E-state index contributed by atoms with van der Waals surface area (Å²) in [6, 6.07) is 6.15. The average Bonchev–Trinajstić information content (AvgIpc) is 3.33. The van der Waals surface area contributed by atoms with E-state index < -0.39 is 15.9 Å². The van der Waals surface area contributed by atoms with Gasteiger partial charge in [-0.25, -0.2) is 13.4 Å². The predicted octanol–water partition coefficient (Wildman–Crippen LogP) is 2.96. The van der Waals surface area contributed by atoms with Gasteiger partial charge in [-0.05, 0) is 55.1 Å². The molecule has 9 nitrogen and oxygen atoms in total. The molecule has 1 fully saturated rings. The highest BCUT2D eigenvalue weighted by atomic mass is 35.5. The number of amides is 1. The molecule has 0 bridgehead atoms. The number of sulfone groups is 1. The van der Waals surface area contributed by atoms with E-state index in [1.165, 1.54) is 17.8 Å². The minimum atomic E-state index is -3.22. The molecule has 1 aliphatic heterocycles. The Balaban J connectivity index is 1.48. The van der Waals surface area contributed by atoms with E-state index in [-0.39, 0.29) is 18.1 Å². The second-order valence-corrected chi connectivity index (χ2v) is 11.7. The normalized spacial score (nSPS) is 18.6. The Morgan fingerprint density at radius 3 is 2.62 bits per heavy atom. The van der Waals surface area contributed by atoms with Gasteiger partial charge in [-0.15, -0.1) is 10.2 Å². The fourth-order valence-corrected chi connectivity index (χ4v) is 5.40. The number of rotatable bonds is 6. The molecule has 12 heteroatoms. The smallest absolute Gasteiger partial charge is 0.254 e. The number of aromatic nitrogens is 5. The molecule has 1 saturated carbocycles. The molecule has 0 spiro atoms. The SMILES string of the molecule is CS(=O)(=O)CC[C@@H]1c2nnc(-c3nc(C4CC4)ns3)n2CCN1C(=O)c1ccc(Cl)cc1. The van der Waals surface area contributed by atoms with Gasteiger partial charge in [0.1, 0.15) is 15.7 Å². The minimum absolute atomic E-state index is 0.0606. The summed E-state index contributed by atoms with van der Waals surface area (Å²) in [5.41, 5.74) is 0.491. The molecule has 1 amide bonds. The summed E-state index contributed by atoms with van der Waals surface area (Å²) < 4.78 is 30.2. The lowest BCUT2D eigenvalue weighted by Gasteiger charge is -2.35. The van der Waals surface area contributed by atoms with Gasteiger partial charge in [0.2, 0.25) is 0 Å². The van der Waals surface area contributed by atoms with Gasteiger partial charge < -0.3 is 9.47 Å². The quantitative estimate of drug-likeness (QED) is 0.520. The molecule has 0 saturated heterocycles. The molecule has 0 unspecified atom stereocenters. The molecule has 1 atom stereocenters. The molecule has 5 rings (SSSR count). The third kappa shape index (κ3) is 4.28. The van der Waals surface area contributed by atoms with Crippen LogP contribution in [0.4, 0.5) is 0 Å². The van der Waals surface area contributed by atoms with Gasteiger partial charge in [-0.2, -0.15) is 4.37 Å². The first-order valence-corrected chi connectivity index (χ1v) is 13.5. The number of fused-ring (bicyclic) bond motifs is 1. The summed E-state index contributed by atoms with van der Waals surface area (Å²) >= 11 is 7.26. The number of carbonyl (C=O) groups is 1. The van der Waals surface area contributed by atoms with Gasteiger partial charge in [-0.3, -0.25) is 4.79 Å². The highest BCUT2D eigenvalue weighted by Gasteiger charge is 2.36. The van der Waals surface area contributed by atoms with Crippen molar-refractivity contribution in [2.45, 2.75) is 37.8 Å². The summed E-state index contributed by atoms with van der Waals surface area (Å²) in [6.07, 6.45) is 3.66. The maximum absolute atomic E-state index is 13.3. The first-order chi connectivity index (χ1) is 15.3. The van der Waals surface area contributed by atoms with E-state index >= 15 is 0 Å². The molecule has 2 aliphatic rings. The first kappa shape index (κ1) is 21.5. The number of nitrogens with zero attached hydrogens (tertiary/aromatic N) is 6. The predicted molar refractivity (Wildman–Crippen MR) is 120 cm³/mol. The van der Waals surface area contributed by atoms with E-state index in [0.29, 0.717) is 46.2 Å². The lowest BCUT2D eigenvalue weighted by atomic mass is 10.1. The molecule has 1 aromatic carbocycles. The maximum atomic E-state index is 13.3. The molecule has 168 valence electrons. The molecule has 2 aromatic heterocycles. The van der Waals surface area contributed by atoms with E-state index in [9.17, 15) is 13.2 Å². The van der Waals surface area contributed by atoms with Gasteiger partial charge in [0, 0.05) is 35.8 Å². The number of benzene rings is 1. The van der Waals surface area contributed by atoms with Crippen LogP contribution in [0.15, 0.2) is 24.3 Å². The summed E-state index contributed by atoms with van der Waals surface area (Å²) in [7, 11) is -3.22. The standard InChI is InChI=1S/C20H21ClN6O3S2/c1-32(29,30)11-8-15-17-23-24-18(19-22-16(25-31-19)12-2-3-12)27(17)10-9-26(15)20(28)13-4-6-14(21)7-5-13/h4-7,12,15H,2-3,8-11H2,1H3/t15-/m1/s1.